The maximum absolute atomic E-state index is 5.39. The molecule has 27 heavy (non-hydrogen) atoms. The van der Waals surface area contributed by atoms with E-state index in [0.29, 0.717) is 0 Å². The van der Waals surface area contributed by atoms with Gasteiger partial charge in [0.2, 0.25) is 0 Å². The molecule has 3 heteroatoms. The van der Waals surface area contributed by atoms with Crippen molar-refractivity contribution in [3.05, 3.63) is 95.6 Å². The van der Waals surface area contributed by atoms with Crippen LogP contribution in [0.15, 0.2) is 78.9 Å². The highest BCUT2D eigenvalue weighted by Crippen LogP contribution is 2.45. The van der Waals surface area contributed by atoms with E-state index in [0.717, 1.165) is 24.6 Å². The summed E-state index contributed by atoms with van der Waals surface area (Å²) in [5, 5.41) is 0. The molecule has 1 fully saturated rings. The van der Waals surface area contributed by atoms with Crippen LogP contribution in [-0.2, 0) is 5.54 Å². The highest BCUT2D eigenvalue weighted by atomic mass is 16.5. The first-order valence-corrected chi connectivity index (χ1v) is 9.38. The molecule has 0 atom stereocenters. The molecular weight excluding hydrogens is 334 g/mol. The average molecular weight is 359 g/mol. The zero-order valence-corrected chi connectivity index (χ0v) is 15.9. The molecule has 3 aromatic rings. The molecule has 1 saturated heterocycles. The van der Waals surface area contributed by atoms with E-state index in [2.05, 4.69) is 83.8 Å². The molecule has 0 unspecified atom stereocenters. The van der Waals surface area contributed by atoms with Crippen molar-refractivity contribution in [1.82, 2.24) is 4.90 Å². The van der Waals surface area contributed by atoms with Gasteiger partial charge in [-0.15, -0.1) is 0 Å². The fraction of sp³-hybridized carbons (Fsp3) is 0.250. The van der Waals surface area contributed by atoms with Gasteiger partial charge in [-0.2, -0.15) is 0 Å². The van der Waals surface area contributed by atoms with E-state index in [1.54, 1.807) is 14.2 Å². The molecule has 0 bridgehead atoms. The Morgan fingerprint density at radius 3 is 1.44 bits per heavy atom. The summed E-state index contributed by atoms with van der Waals surface area (Å²) < 4.78 is 10.8. The van der Waals surface area contributed by atoms with Gasteiger partial charge in [0.15, 0.2) is 0 Å². The molecule has 3 aromatic carbocycles. The van der Waals surface area contributed by atoms with Crippen LogP contribution in [-0.4, -0.2) is 32.2 Å². The molecular formula is C24H25NO2. The number of rotatable bonds is 6. The summed E-state index contributed by atoms with van der Waals surface area (Å²) in [6.45, 7) is 2.15. The lowest BCUT2D eigenvalue weighted by molar-refractivity contribution is 0.0839. The van der Waals surface area contributed by atoms with E-state index >= 15 is 0 Å². The fourth-order valence-corrected chi connectivity index (χ4v) is 4.04. The summed E-state index contributed by atoms with van der Waals surface area (Å²) >= 11 is 0. The van der Waals surface area contributed by atoms with Crippen LogP contribution in [0.1, 0.15) is 23.1 Å². The second-order valence-corrected chi connectivity index (χ2v) is 6.87. The minimum atomic E-state index is -0.321. The smallest absolute Gasteiger partial charge is 0.118 e. The van der Waals surface area contributed by atoms with E-state index in [9.17, 15) is 0 Å². The second-order valence-electron chi connectivity index (χ2n) is 6.87. The van der Waals surface area contributed by atoms with Crippen LogP contribution < -0.4 is 9.47 Å². The Hall–Kier alpha value is -2.78. The van der Waals surface area contributed by atoms with Gasteiger partial charge in [-0.3, -0.25) is 4.90 Å². The summed E-state index contributed by atoms with van der Waals surface area (Å²) in [7, 11) is 3.41. The Balaban J connectivity index is 1.96. The van der Waals surface area contributed by atoms with Crippen molar-refractivity contribution in [2.45, 2.75) is 12.0 Å². The van der Waals surface area contributed by atoms with Crippen LogP contribution in [0.3, 0.4) is 0 Å². The Bertz CT molecular complexity index is 821. The molecule has 0 saturated carbocycles. The number of hydrogen-bond acceptors (Lipinski definition) is 3. The van der Waals surface area contributed by atoms with Crippen LogP contribution in [0, 0.1) is 0 Å². The molecule has 0 amide bonds. The molecule has 0 aromatic heterocycles. The molecule has 0 radical (unpaired) electrons. The van der Waals surface area contributed by atoms with Crippen LogP contribution >= 0.6 is 0 Å². The zero-order chi connectivity index (χ0) is 18.7. The predicted molar refractivity (Wildman–Crippen MR) is 109 cm³/mol. The van der Waals surface area contributed by atoms with Gasteiger partial charge in [0.1, 0.15) is 11.5 Å². The van der Waals surface area contributed by atoms with Gasteiger partial charge in [0.05, 0.1) is 19.8 Å². The van der Waals surface area contributed by atoms with Crippen molar-refractivity contribution in [2.75, 3.05) is 27.3 Å². The molecule has 4 rings (SSSR count). The van der Waals surface area contributed by atoms with E-state index < -0.39 is 0 Å². The van der Waals surface area contributed by atoms with Gasteiger partial charge in [-0.05, 0) is 47.4 Å². The topological polar surface area (TPSA) is 21.7 Å². The van der Waals surface area contributed by atoms with Gasteiger partial charge < -0.3 is 9.47 Å². The lowest BCUT2D eigenvalue weighted by Crippen LogP contribution is -2.54. The largest absolute Gasteiger partial charge is 0.497 e. The first kappa shape index (κ1) is 17.6. The van der Waals surface area contributed by atoms with Crippen molar-refractivity contribution in [3.8, 4) is 11.5 Å². The Morgan fingerprint density at radius 1 is 0.630 bits per heavy atom. The SMILES string of the molecule is COc1ccc(C(c2ccccc2)(c2ccc(OC)cc2)N2CCC2)cc1. The summed E-state index contributed by atoms with van der Waals surface area (Å²) in [4.78, 5) is 2.56. The lowest BCUT2D eigenvalue weighted by Gasteiger charge is -2.50. The van der Waals surface area contributed by atoms with Gasteiger partial charge in [-0.1, -0.05) is 54.6 Å². The van der Waals surface area contributed by atoms with Crippen LogP contribution in [0.5, 0.6) is 11.5 Å². The summed E-state index contributed by atoms with van der Waals surface area (Å²) in [6, 6.07) is 27.7. The monoisotopic (exact) mass is 359 g/mol. The van der Waals surface area contributed by atoms with E-state index in [4.69, 9.17) is 9.47 Å². The molecule has 138 valence electrons. The number of nitrogens with zero attached hydrogens (tertiary/aromatic N) is 1. The van der Waals surface area contributed by atoms with E-state index in [1.165, 1.54) is 23.1 Å². The third-order valence-electron chi connectivity index (χ3n) is 5.54. The average Bonchev–Trinajstić information content (AvgIpc) is 2.71. The lowest BCUT2D eigenvalue weighted by atomic mass is 9.74. The summed E-state index contributed by atoms with van der Waals surface area (Å²) in [6.07, 6.45) is 1.22. The van der Waals surface area contributed by atoms with Crippen LogP contribution in [0.2, 0.25) is 0 Å². The minimum Gasteiger partial charge on any atom is -0.497 e. The number of benzene rings is 3. The molecule has 3 nitrogen and oxygen atoms in total. The zero-order valence-electron chi connectivity index (χ0n) is 15.9. The van der Waals surface area contributed by atoms with E-state index in [-0.39, 0.29) is 5.54 Å². The second kappa shape index (κ2) is 7.45. The van der Waals surface area contributed by atoms with Crippen LogP contribution in [0.25, 0.3) is 0 Å². The maximum atomic E-state index is 5.39. The summed E-state index contributed by atoms with van der Waals surface area (Å²) in [5.41, 5.74) is 3.46. The van der Waals surface area contributed by atoms with Crippen molar-refractivity contribution in [2.24, 2.45) is 0 Å². The highest BCUT2D eigenvalue weighted by Gasteiger charge is 2.44. The Kier molecular flexibility index (Phi) is 4.87. The maximum Gasteiger partial charge on any atom is 0.118 e. The third kappa shape index (κ3) is 2.98. The fourth-order valence-electron chi connectivity index (χ4n) is 4.04. The molecule has 1 aliphatic heterocycles. The summed E-state index contributed by atoms with van der Waals surface area (Å²) in [5.74, 6) is 1.75. The number of hydrogen-bond donors (Lipinski definition) is 0. The quantitative estimate of drug-likeness (QED) is 0.596. The highest BCUT2D eigenvalue weighted by molar-refractivity contribution is 5.52. The number of methoxy groups -OCH3 is 2. The molecule has 0 N–H and O–H groups in total. The normalized spacial score (nSPS) is 14.4. The minimum absolute atomic E-state index is 0.321. The number of ether oxygens (including phenoxy) is 2. The molecule has 0 spiro atoms. The van der Waals surface area contributed by atoms with Crippen molar-refractivity contribution >= 4 is 0 Å². The molecule has 0 aliphatic carbocycles. The standard InChI is InChI=1S/C24H25NO2/c1-26-22-13-9-20(10-14-22)24(25-17-6-18-25,19-7-4-3-5-8-19)21-11-15-23(27-2)16-12-21/h3-5,7-16H,6,17-18H2,1-2H3. The van der Waals surface area contributed by atoms with Gasteiger partial charge >= 0.3 is 0 Å². The Morgan fingerprint density at radius 2 is 1.07 bits per heavy atom. The van der Waals surface area contributed by atoms with Gasteiger partial charge in [-0.25, -0.2) is 0 Å². The Labute approximate surface area is 161 Å². The van der Waals surface area contributed by atoms with Gasteiger partial charge in [0, 0.05) is 13.1 Å². The molecule has 1 heterocycles. The van der Waals surface area contributed by atoms with Crippen molar-refractivity contribution in [3.63, 3.8) is 0 Å². The first-order chi connectivity index (χ1) is 13.3. The van der Waals surface area contributed by atoms with Crippen molar-refractivity contribution in [1.29, 1.82) is 0 Å². The van der Waals surface area contributed by atoms with E-state index in [1.807, 2.05) is 0 Å². The van der Waals surface area contributed by atoms with Crippen LogP contribution in [0.4, 0.5) is 0 Å². The predicted octanol–water partition coefficient (Wildman–Crippen LogP) is 4.70. The first-order valence-electron chi connectivity index (χ1n) is 9.38. The van der Waals surface area contributed by atoms with Gasteiger partial charge in [0.25, 0.3) is 0 Å². The third-order valence-corrected chi connectivity index (χ3v) is 5.54. The number of likely N-dealkylation sites (tertiary alicyclic amines) is 1. The molecule has 1 aliphatic rings. The van der Waals surface area contributed by atoms with Crippen molar-refractivity contribution < 1.29 is 9.47 Å².